The van der Waals surface area contributed by atoms with Crippen molar-refractivity contribution in [3.05, 3.63) is 30.1 Å². The molecule has 0 aliphatic heterocycles. The van der Waals surface area contributed by atoms with E-state index in [9.17, 15) is 18.8 Å². The van der Waals surface area contributed by atoms with Crippen molar-refractivity contribution in [1.82, 2.24) is 10.2 Å². The van der Waals surface area contributed by atoms with E-state index in [0.717, 1.165) is 0 Å². The average Bonchev–Trinajstić information content (AvgIpc) is 2.52. The molecule has 0 saturated heterocycles. The molecular formula is C16H21FN2O5. The molecule has 0 spiro atoms. The summed E-state index contributed by atoms with van der Waals surface area (Å²) in [5, 5.41) is 11.6. The van der Waals surface area contributed by atoms with E-state index in [2.05, 4.69) is 5.32 Å². The van der Waals surface area contributed by atoms with E-state index in [4.69, 9.17) is 9.84 Å². The number of ether oxygens (including phenoxy) is 1. The van der Waals surface area contributed by atoms with E-state index in [0.29, 0.717) is 5.75 Å². The van der Waals surface area contributed by atoms with Gasteiger partial charge in [0, 0.05) is 20.0 Å². The molecule has 7 nitrogen and oxygen atoms in total. The molecule has 1 atom stereocenters. The maximum atomic E-state index is 12.8. The van der Waals surface area contributed by atoms with Gasteiger partial charge in [0.1, 0.15) is 17.6 Å². The molecule has 0 heterocycles. The van der Waals surface area contributed by atoms with E-state index in [1.165, 1.54) is 43.0 Å². The van der Waals surface area contributed by atoms with Crippen LogP contribution >= 0.6 is 0 Å². The lowest BCUT2D eigenvalue weighted by Gasteiger charge is -2.26. The molecule has 2 amide bonds. The highest BCUT2D eigenvalue weighted by Crippen LogP contribution is 2.12. The van der Waals surface area contributed by atoms with Crippen molar-refractivity contribution in [3.63, 3.8) is 0 Å². The third-order valence-corrected chi connectivity index (χ3v) is 3.27. The van der Waals surface area contributed by atoms with Crippen molar-refractivity contribution in [1.29, 1.82) is 0 Å². The number of nitrogens with zero attached hydrogens (tertiary/aromatic N) is 1. The Kier molecular flexibility index (Phi) is 7.67. The molecule has 1 rings (SSSR count). The smallest absolute Gasteiger partial charge is 0.326 e. The van der Waals surface area contributed by atoms with Crippen LogP contribution < -0.4 is 10.1 Å². The molecule has 1 unspecified atom stereocenters. The van der Waals surface area contributed by atoms with Gasteiger partial charge in [0.15, 0.2) is 0 Å². The second-order valence-electron chi connectivity index (χ2n) is 5.14. The molecule has 132 valence electrons. The standard InChI is InChI=1S/C16H21FN2O5/c1-11(16(22)23)19(9-8-18-12(2)20)15(21)7-10-24-14-5-3-13(17)4-6-14/h3-6,11H,7-10H2,1-2H3,(H,18,20)(H,22,23). The normalized spacial score (nSPS) is 11.5. The first-order valence-corrected chi connectivity index (χ1v) is 7.46. The summed E-state index contributed by atoms with van der Waals surface area (Å²) in [6, 6.07) is 4.34. The van der Waals surface area contributed by atoms with Gasteiger partial charge in [0.05, 0.1) is 13.0 Å². The predicted molar refractivity (Wildman–Crippen MR) is 84.0 cm³/mol. The number of carbonyl (C=O) groups is 3. The highest BCUT2D eigenvalue weighted by atomic mass is 19.1. The minimum Gasteiger partial charge on any atom is -0.493 e. The van der Waals surface area contributed by atoms with Gasteiger partial charge in [-0.1, -0.05) is 0 Å². The van der Waals surface area contributed by atoms with Crippen LogP contribution in [0.5, 0.6) is 5.75 Å². The summed E-state index contributed by atoms with van der Waals surface area (Å²) in [7, 11) is 0. The number of amides is 2. The zero-order valence-corrected chi connectivity index (χ0v) is 13.6. The van der Waals surface area contributed by atoms with Crippen LogP contribution in [0.15, 0.2) is 24.3 Å². The Balaban J connectivity index is 2.54. The van der Waals surface area contributed by atoms with E-state index in [-0.39, 0.29) is 32.0 Å². The van der Waals surface area contributed by atoms with Crippen molar-refractivity contribution in [2.45, 2.75) is 26.3 Å². The van der Waals surface area contributed by atoms with Crippen LogP contribution in [0.2, 0.25) is 0 Å². The van der Waals surface area contributed by atoms with Gasteiger partial charge in [-0.3, -0.25) is 9.59 Å². The first-order chi connectivity index (χ1) is 11.3. The van der Waals surface area contributed by atoms with E-state index < -0.39 is 23.7 Å². The average molecular weight is 340 g/mol. The maximum absolute atomic E-state index is 12.8. The quantitative estimate of drug-likeness (QED) is 0.700. The summed E-state index contributed by atoms with van der Waals surface area (Å²) in [5.74, 6) is -1.77. The Hall–Kier alpha value is -2.64. The number of aliphatic carboxylic acids is 1. The number of carboxylic acid groups (broad SMARTS) is 1. The zero-order valence-electron chi connectivity index (χ0n) is 13.6. The van der Waals surface area contributed by atoms with Gasteiger partial charge >= 0.3 is 5.97 Å². The van der Waals surface area contributed by atoms with Crippen molar-refractivity contribution in [2.24, 2.45) is 0 Å². The van der Waals surface area contributed by atoms with E-state index in [1.54, 1.807) is 0 Å². The van der Waals surface area contributed by atoms with Crippen LogP contribution in [0.1, 0.15) is 20.3 Å². The Labute approximate surface area is 139 Å². The molecule has 0 fully saturated rings. The van der Waals surface area contributed by atoms with Gasteiger partial charge in [-0.2, -0.15) is 0 Å². The fourth-order valence-electron chi connectivity index (χ4n) is 1.95. The van der Waals surface area contributed by atoms with Crippen LogP contribution in [-0.4, -0.2) is 53.5 Å². The third kappa shape index (κ3) is 6.64. The van der Waals surface area contributed by atoms with Gasteiger partial charge in [-0.15, -0.1) is 0 Å². The van der Waals surface area contributed by atoms with Crippen molar-refractivity contribution in [3.8, 4) is 5.75 Å². The number of halogens is 1. The lowest BCUT2D eigenvalue weighted by atomic mass is 10.2. The Morgan fingerprint density at radius 2 is 1.92 bits per heavy atom. The van der Waals surface area contributed by atoms with E-state index in [1.807, 2.05) is 0 Å². The number of hydrogen-bond donors (Lipinski definition) is 2. The van der Waals surface area contributed by atoms with Crippen LogP contribution in [0.3, 0.4) is 0 Å². The van der Waals surface area contributed by atoms with Crippen molar-refractivity contribution >= 4 is 17.8 Å². The molecule has 0 bridgehead atoms. The second kappa shape index (κ2) is 9.49. The molecule has 24 heavy (non-hydrogen) atoms. The first-order valence-electron chi connectivity index (χ1n) is 7.46. The van der Waals surface area contributed by atoms with E-state index >= 15 is 0 Å². The number of carboxylic acids is 1. The fourth-order valence-corrected chi connectivity index (χ4v) is 1.95. The Bertz CT molecular complexity index is 576. The molecule has 0 radical (unpaired) electrons. The largest absolute Gasteiger partial charge is 0.493 e. The summed E-state index contributed by atoms with van der Waals surface area (Å²) in [6.45, 7) is 3.02. The monoisotopic (exact) mass is 340 g/mol. The molecule has 0 aliphatic rings. The first kappa shape index (κ1) is 19.4. The minimum atomic E-state index is -1.13. The Morgan fingerprint density at radius 1 is 1.29 bits per heavy atom. The van der Waals surface area contributed by atoms with Gasteiger partial charge in [-0.05, 0) is 31.2 Å². The SMILES string of the molecule is CC(=O)NCCN(C(=O)CCOc1ccc(F)cc1)C(C)C(=O)O. The number of rotatable bonds is 9. The lowest BCUT2D eigenvalue weighted by Crippen LogP contribution is -2.47. The van der Waals surface area contributed by atoms with Crippen molar-refractivity contribution in [2.75, 3.05) is 19.7 Å². The fraction of sp³-hybridized carbons (Fsp3) is 0.438. The molecule has 0 aliphatic carbocycles. The highest BCUT2D eigenvalue weighted by molar-refractivity contribution is 5.83. The highest BCUT2D eigenvalue weighted by Gasteiger charge is 2.25. The maximum Gasteiger partial charge on any atom is 0.326 e. The number of hydrogen-bond acceptors (Lipinski definition) is 4. The molecule has 1 aromatic carbocycles. The van der Waals surface area contributed by atoms with Crippen LogP contribution in [0.4, 0.5) is 4.39 Å². The molecule has 8 heteroatoms. The van der Waals surface area contributed by atoms with Crippen LogP contribution in [0.25, 0.3) is 0 Å². The number of nitrogens with one attached hydrogen (secondary N) is 1. The summed E-state index contributed by atoms with van der Waals surface area (Å²) < 4.78 is 18.1. The summed E-state index contributed by atoms with van der Waals surface area (Å²) >= 11 is 0. The lowest BCUT2D eigenvalue weighted by molar-refractivity contribution is -0.149. The van der Waals surface area contributed by atoms with Gasteiger partial charge in [0.25, 0.3) is 0 Å². The third-order valence-electron chi connectivity index (χ3n) is 3.27. The summed E-state index contributed by atoms with van der Waals surface area (Å²) in [4.78, 5) is 35.4. The molecule has 0 aromatic heterocycles. The topological polar surface area (TPSA) is 95.9 Å². The molecule has 2 N–H and O–H groups in total. The van der Waals surface area contributed by atoms with Gasteiger partial charge in [-0.25, -0.2) is 9.18 Å². The minimum absolute atomic E-state index is 0.0327. The number of benzene rings is 1. The molecule has 0 saturated carbocycles. The van der Waals surface area contributed by atoms with Gasteiger partial charge < -0.3 is 20.1 Å². The van der Waals surface area contributed by atoms with Crippen LogP contribution in [-0.2, 0) is 14.4 Å². The summed E-state index contributed by atoms with van der Waals surface area (Å²) in [5.41, 5.74) is 0. The van der Waals surface area contributed by atoms with Crippen molar-refractivity contribution < 1.29 is 28.6 Å². The number of carbonyl (C=O) groups excluding carboxylic acids is 2. The Morgan fingerprint density at radius 3 is 2.46 bits per heavy atom. The predicted octanol–water partition coefficient (Wildman–Crippen LogP) is 1.03. The molecule has 1 aromatic rings. The zero-order chi connectivity index (χ0) is 18.1. The summed E-state index contributed by atoms with van der Waals surface area (Å²) in [6.07, 6.45) is -0.0327. The molecular weight excluding hydrogens is 319 g/mol. The van der Waals surface area contributed by atoms with Gasteiger partial charge in [0.2, 0.25) is 11.8 Å². The second-order valence-corrected chi connectivity index (χ2v) is 5.14. The van der Waals surface area contributed by atoms with Crippen LogP contribution in [0, 0.1) is 5.82 Å².